The first kappa shape index (κ1) is 23.8. The summed E-state index contributed by atoms with van der Waals surface area (Å²) in [5.41, 5.74) is 2.06. The van der Waals surface area contributed by atoms with Crippen LogP contribution >= 0.6 is 0 Å². The summed E-state index contributed by atoms with van der Waals surface area (Å²) in [5.74, 6) is 3.05. The molecule has 0 radical (unpaired) electrons. The molecule has 8 heteroatoms. The van der Waals surface area contributed by atoms with Crippen molar-refractivity contribution in [3.05, 3.63) is 60.0 Å². The molecule has 1 fully saturated rings. The second-order valence-corrected chi connectivity index (χ2v) is 8.50. The summed E-state index contributed by atoms with van der Waals surface area (Å²) in [6.07, 6.45) is 3.43. The molecule has 2 aromatic carbocycles. The number of methoxy groups -OCH3 is 2. The molecule has 0 saturated carbocycles. The van der Waals surface area contributed by atoms with Crippen molar-refractivity contribution in [1.29, 1.82) is 0 Å². The number of aromatic nitrogens is 2. The monoisotopic (exact) mass is 464 g/mol. The van der Waals surface area contributed by atoms with Gasteiger partial charge < -0.3 is 19.3 Å². The van der Waals surface area contributed by atoms with Crippen molar-refractivity contribution in [3.63, 3.8) is 0 Å². The smallest absolute Gasteiger partial charge is 0.241 e. The van der Waals surface area contributed by atoms with E-state index in [-0.39, 0.29) is 11.8 Å². The van der Waals surface area contributed by atoms with Crippen molar-refractivity contribution in [1.82, 2.24) is 20.4 Å². The number of carbonyl (C=O) groups excluding carboxylic acids is 1. The number of amides is 1. The largest absolute Gasteiger partial charge is 0.497 e. The minimum atomic E-state index is 0.0556. The number of benzene rings is 2. The van der Waals surface area contributed by atoms with Gasteiger partial charge in [-0.15, -0.1) is 0 Å². The van der Waals surface area contributed by atoms with E-state index in [9.17, 15) is 4.79 Å². The number of piperidine rings is 1. The fourth-order valence-electron chi connectivity index (χ4n) is 4.27. The highest BCUT2D eigenvalue weighted by molar-refractivity contribution is 5.78. The summed E-state index contributed by atoms with van der Waals surface area (Å²) in [4.78, 5) is 19.4. The van der Waals surface area contributed by atoms with Crippen LogP contribution in [0.25, 0.3) is 11.4 Å². The molecule has 8 nitrogen and oxygen atoms in total. The van der Waals surface area contributed by atoms with Crippen LogP contribution in [0.3, 0.4) is 0 Å². The fourth-order valence-corrected chi connectivity index (χ4v) is 4.27. The van der Waals surface area contributed by atoms with Crippen LogP contribution in [0, 0.1) is 5.92 Å². The molecule has 1 amide bonds. The predicted molar refractivity (Wildman–Crippen MR) is 129 cm³/mol. The maximum atomic E-state index is 12.6. The Hall–Kier alpha value is -3.39. The molecular formula is C26H32N4O4. The Labute approximate surface area is 200 Å². The van der Waals surface area contributed by atoms with Crippen molar-refractivity contribution >= 4 is 5.91 Å². The summed E-state index contributed by atoms with van der Waals surface area (Å²) >= 11 is 0. The van der Waals surface area contributed by atoms with E-state index in [1.807, 2.05) is 42.5 Å². The van der Waals surface area contributed by atoms with Gasteiger partial charge in [0.2, 0.25) is 17.6 Å². The molecule has 34 heavy (non-hydrogen) atoms. The standard InChI is InChI=1S/C26H32N4O4/c1-32-22-11-9-20(10-12-22)25-28-24(34-29-25)18-30-16-13-21(14-17-30)26(31)27-15-5-7-19-6-3-4-8-23(19)33-2/h3-4,6,8-12,21H,5,7,13-18H2,1-2H3,(H,27,31). The van der Waals surface area contributed by atoms with Gasteiger partial charge in [-0.2, -0.15) is 4.98 Å². The van der Waals surface area contributed by atoms with Crippen LogP contribution < -0.4 is 14.8 Å². The average molecular weight is 465 g/mol. The number of para-hydroxylation sites is 1. The summed E-state index contributed by atoms with van der Waals surface area (Å²) in [5, 5.41) is 7.21. The van der Waals surface area contributed by atoms with E-state index in [2.05, 4.69) is 26.4 Å². The highest BCUT2D eigenvalue weighted by Crippen LogP contribution is 2.22. The maximum absolute atomic E-state index is 12.6. The van der Waals surface area contributed by atoms with E-state index in [4.69, 9.17) is 14.0 Å². The van der Waals surface area contributed by atoms with Crippen molar-refractivity contribution in [2.24, 2.45) is 5.92 Å². The van der Waals surface area contributed by atoms with Crippen molar-refractivity contribution < 1.29 is 18.8 Å². The maximum Gasteiger partial charge on any atom is 0.241 e. The third kappa shape index (κ3) is 6.14. The number of carbonyl (C=O) groups is 1. The van der Waals surface area contributed by atoms with Gasteiger partial charge in [-0.05, 0) is 74.7 Å². The number of hydrogen-bond acceptors (Lipinski definition) is 7. The van der Waals surface area contributed by atoms with Crippen LogP contribution in [0.4, 0.5) is 0 Å². The Kier molecular flexibility index (Phi) is 8.14. The predicted octanol–water partition coefficient (Wildman–Crippen LogP) is 3.71. The number of likely N-dealkylation sites (tertiary alicyclic amines) is 1. The van der Waals surface area contributed by atoms with Gasteiger partial charge in [0.05, 0.1) is 20.8 Å². The van der Waals surface area contributed by atoms with Gasteiger partial charge in [-0.3, -0.25) is 9.69 Å². The van der Waals surface area contributed by atoms with Crippen LogP contribution in [0.2, 0.25) is 0 Å². The second-order valence-electron chi connectivity index (χ2n) is 8.50. The van der Waals surface area contributed by atoms with E-state index in [1.165, 1.54) is 5.56 Å². The van der Waals surface area contributed by atoms with Gasteiger partial charge in [0, 0.05) is 18.0 Å². The summed E-state index contributed by atoms with van der Waals surface area (Å²) in [7, 11) is 3.32. The Morgan fingerprint density at radius 2 is 1.85 bits per heavy atom. The van der Waals surface area contributed by atoms with Gasteiger partial charge >= 0.3 is 0 Å². The molecule has 1 N–H and O–H groups in total. The van der Waals surface area contributed by atoms with Gasteiger partial charge in [-0.1, -0.05) is 23.4 Å². The van der Waals surface area contributed by atoms with Gasteiger partial charge in [0.15, 0.2) is 0 Å². The Morgan fingerprint density at radius 1 is 1.09 bits per heavy atom. The molecule has 180 valence electrons. The third-order valence-electron chi connectivity index (χ3n) is 6.25. The number of nitrogens with one attached hydrogen (secondary N) is 1. The van der Waals surface area contributed by atoms with E-state index in [0.29, 0.717) is 24.8 Å². The van der Waals surface area contributed by atoms with Crippen LogP contribution in [0.15, 0.2) is 53.1 Å². The molecule has 3 aromatic rings. The van der Waals surface area contributed by atoms with Crippen molar-refractivity contribution in [2.75, 3.05) is 33.9 Å². The molecule has 0 unspecified atom stereocenters. The van der Waals surface area contributed by atoms with Crippen LogP contribution in [-0.2, 0) is 17.8 Å². The average Bonchev–Trinajstić information content (AvgIpc) is 3.35. The molecule has 4 rings (SSSR count). The molecule has 0 aliphatic carbocycles. The summed E-state index contributed by atoms with van der Waals surface area (Å²) < 4.78 is 16.0. The third-order valence-corrected chi connectivity index (χ3v) is 6.25. The zero-order chi connectivity index (χ0) is 23.8. The van der Waals surface area contributed by atoms with E-state index < -0.39 is 0 Å². The molecule has 1 aliphatic heterocycles. The number of rotatable bonds is 10. The SMILES string of the molecule is COc1ccc(-c2noc(CN3CCC(C(=O)NCCCc4ccccc4OC)CC3)n2)cc1. The lowest BCUT2D eigenvalue weighted by atomic mass is 9.96. The fraction of sp³-hybridized carbons (Fsp3) is 0.423. The van der Waals surface area contributed by atoms with Gasteiger partial charge in [-0.25, -0.2) is 0 Å². The molecule has 2 heterocycles. The number of aryl methyl sites for hydroxylation is 1. The van der Waals surface area contributed by atoms with Crippen molar-refractivity contribution in [2.45, 2.75) is 32.2 Å². The second kappa shape index (κ2) is 11.7. The lowest BCUT2D eigenvalue weighted by molar-refractivity contribution is -0.126. The van der Waals surface area contributed by atoms with E-state index >= 15 is 0 Å². The number of hydrogen-bond donors (Lipinski definition) is 1. The van der Waals surface area contributed by atoms with E-state index in [1.54, 1.807) is 14.2 Å². The van der Waals surface area contributed by atoms with Crippen molar-refractivity contribution in [3.8, 4) is 22.9 Å². The molecular weight excluding hydrogens is 432 g/mol. The normalized spacial score (nSPS) is 14.6. The van der Waals surface area contributed by atoms with Gasteiger partial charge in [0.25, 0.3) is 0 Å². The highest BCUT2D eigenvalue weighted by Gasteiger charge is 2.25. The molecule has 1 aliphatic rings. The van der Waals surface area contributed by atoms with Gasteiger partial charge in [0.1, 0.15) is 11.5 Å². The lowest BCUT2D eigenvalue weighted by Crippen LogP contribution is -2.40. The number of ether oxygens (including phenoxy) is 2. The first-order chi connectivity index (χ1) is 16.7. The molecule has 1 saturated heterocycles. The topological polar surface area (TPSA) is 89.7 Å². The van der Waals surface area contributed by atoms with Crippen LogP contribution in [0.5, 0.6) is 11.5 Å². The number of nitrogens with zero attached hydrogens (tertiary/aromatic N) is 3. The van der Waals surface area contributed by atoms with Crippen LogP contribution in [0.1, 0.15) is 30.7 Å². The summed E-state index contributed by atoms with van der Waals surface area (Å²) in [6.45, 7) is 2.93. The minimum Gasteiger partial charge on any atom is -0.497 e. The van der Waals surface area contributed by atoms with E-state index in [0.717, 1.165) is 55.8 Å². The summed E-state index contributed by atoms with van der Waals surface area (Å²) in [6, 6.07) is 15.6. The molecule has 0 spiro atoms. The zero-order valence-electron chi connectivity index (χ0n) is 19.8. The molecule has 1 aromatic heterocycles. The zero-order valence-corrected chi connectivity index (χ0v) is 19.8. The quantitative estimate of drug-likeness (QED) is 0.458. The molecule has 0 atom stereocenters. The Morgan fingerprint density at radius 3 is 2.59 bits per heavy atom. The minimum absolute atomic E-state index is 0.0556. The molecule has 0 bridgehead atoms. The lowest BCUT2D eigenvalue weighted by Gasteiger charge is -2.30. The highest BCUT2D eigenvalue weighted by atomic mass is 16.5. The Bertz CT molecular complexity index is 1060. The Balaban J connectivity index is 1.17. The first-order valence-corrected chi connectivity index (χ1v) is 11.7. The van der Waals surface area contributed by atoms with Crippen LogP contribution in [-0.4, -0.2) is 54.8 Å². The first-order valence-electron chi connectivity index (χ1n) is 11.7.